The lowest BCUT2D eigenvalue weighted by Gasteiger charge is -2.23. The molecule has 0 aliphatic heterocycles. The van der Waals surface area contributed by atoms with Crippen molar-refractivity contribution in [1.82, 2.24) is 34.5 Å². The second kappa shape index (κ2) is 8.82. The Morgan fingerprint density at radius 2 is 1.91 bits per heavy atom. The lowest BCUT2D eigenvalue weighted by Crippen LogP contribution is -2.30. The number of aryl methyl sites for hydroxylation is 1. The molecule has 12 heteroatoms. The third kappa shape index (κ3) is 4.49. The monoisotopic (exact) mass is 475 g/mol. The number of rotatable bonds is 10. The van der Waals surface area contributed by atoms with E-state index in [4.69, 9.17) is 9.47 Å². The highest BCUT2D eigenvalue weighted by Gasteiger charge is 2.48. The molecule has 1 saturated carbocycles. The van der Waals surface area contributed by atoms with Crippen molar-refractivity contribution >= 4 is 9.84 Å². The van der Waals surface area contributed by atoms with Crippen LogP contribution in [0.3, 0.4) is 0 Å². The maximum absolute atomic E-state index is 13.4. The molecular formula is C21H29N7O4S. The van der Waals surface area contributed by atoms with Gasteiger partial charge in [0, 0.05) is 26.3 Å². The van der Waals surface area contributed by atoms with Crippen LogP contribution in [-0.2, 0) is 32.9 Å². The zero-order chi connectivity index (χ0) is 23.8. The van der Waals surface area contributed by atoms with Crippen LogP contribution in [0, 0.1) is 0 Å². The minimum Gasteiger partial charge on any atom is -0.480 e. The molecule has 0 spiro atoms. The van der Waals surface area contributed by atoms with Crippen molar-refractivity contribution in [2.45, 2.75) is 49.1 Å². The Bertz CT molecular complexity index is 1220. The van der Waals surface area contributed by atoms with E-state index in [0.29, 0.717) is 35.5 Å². The normalized spacial score (nSPS) is 17.0. The van der Waals surface area contributed by atoms with Gasteiger partial charge in [0.05, 0.1) is 42.6 Å². The number of methoxy groups -OCH3 is 2. The molecule has 0 amide bonds. The number of hydrogen-bond donors (Lipinski definition) is 0. The van der Waals surface area contributed by atoms with E-state index in [1.807, 2.05) is 30.8 Å². The molecule has 2 atom stereocenters. The number of ether oxygens (including phenoxy) is 2. The Kier molecular flexibility index (Phi) is 6.23. The molecule has 0 radical (unpaired) electrons. The number of aromatic nitrogens is 7. The standard InChI is InChI=1S/C21H29N7O4S/c1-14(17-10-23-19(32-5)11-22-17)15(2)33(29,30)12-18-24-25-20(16-6-9-27(3)26-16)28(18)21(7-8-21)13-31-4/h6,9-11,14-15H,7-8,12-13H2,1-5H3/t14-,15-/m0/s1. The van der Waals surface area contributed by atoms with Crippen LogP contribution in [-0.4, -0.2) is 69.0 Å². The van der Waals surface area contributed by atoms with Gasteiger partial charge in [-0.3, -0.25) is 9.67 Å². The first-order valence-electron chi connectivity index (χ1n) is 10.7. The van der Waals surface area contributed by atoms with Gasteiger partial charge >= 0.3 is 0 Å². The molecule has 1 aliphatic rings. The van der Waals surface area contributed by atoms with Gasteiger partial charge in [0.1, 0.15) is 17.3 Å². The Labute approximate surface area is 193 Å². The van der Waals surface area contributed by atoms with Crippen LogP contribution < -0.4 is 4.74 Å². The maximum Gasteiger partial charge on any atom is 0.231 e. The fourth-order valence-corrected chi connectivity index (χ4v) is 5.55. The minimum absolute atomic E-state index is 0.243. The lowest BCUT2D eigenvalue weighted by molar-refractivity contribution is 0.143. The number of sulfone groups is 1. The molecule has 1 fully saturated rings. The summed E-state index contributed by atoms with van der Waals surface area (Å²) in [6.45, 7) is 3.97. The van der Waals surface area contributed by atoms with Crippen molar-refractivity contribution in [1.29, 1.82) is 0 Å². The van der Waals surface area contributed by atoms with Crippen LogP contribution in [0.25, 0.3) is 11.5 Å². The second-order valence-corrected chi connectivity index (χ2v) is 10.9. The predicted molar refractivity (Wildman–Crippen MR) is 120 cm³/mol. The largest absolute Gasteiger partial charge is 0.480 e. The molecule has 11 nitrogen and oxygen atoms in total. The van der Waals surface area contributed by atoms with Gasteiger partial charge in [-0.15, -0.1) is 10.2 Å². The van der Waals surface area contributed by atoms with Crippen molar-refractivity contribution in [2.75, 3.05) is 20.8 Å². The summed E-state index contributed by atoms with van der Waals surface area (Å²) < 4.78 is 41.0. The average molecular weight is 476 g/mol. The molecule has 0 N–H and O–H groups in total. The van der Waals surface area contributed by atoms with Gasteiger partial charge in [-0.05, 0) is 25.8 Å². The summed E-state index contributed by atoms with van der Waals surface area (Å²) in [6.07, 6.45) is 6.58. The lowest BCUT2D eigenvalue weighted by atomic mass is 10.1. The van der Waals surface area contributed by atoms with E-state index in [0.717, 1.165) is 12.8 Å². The Morgan fingerprint density at radius 3 is 2.45 bits per heavy atom. The van der Waals surface area contributed by atoms with E-state index in [2.05, 4.69) is 25.3 Å². The topological polar surface area (TPSA) is 127 Å². The maximum atomic E-state index is 13.4. The molecule has 3 aromatic heterocycles. The zero-order valence-corrected chi connectivity index (χ0v) is 20.3. The molecule has 3 heterocycles. The number of hydrogen-bond acceptors (Lipinski definition) is 9. The van der Waals surface area contributed by atoms with Crippen LogP contribution in [0.1, 0.15) is 44.1 Å². The average Bonchev–Trinajstić information content (AvgIpc) is 3.24. The van der Waals surface area contributed by atoms with Crippen LogP contribution in [0.4, 0.5) is 0 Å². The summed E-state index contributed by atoms with van der Waals surface area (Å²) >= 11 is 0. The van der Waals surface area contributed by atoms with Crippen LogP contribution in [0.15, 0.2) is 24.7 Å². The van der Waals surface area contributed by atoms with Gasteiger partial charge < -0.3 is 14.0 Å². The van der Waals surface area contributed by atoms with E-state index < -0.39 is 15.1 Å². The Balaban J connectivity index is 1.65. The molecule has 0 saturated heterocycles. The van der Waals surface area contributed by atoms with Crippen LogP contribution >= 0.6 is 0 Å². The fraction of sp³-hybridized carbons (Fsp3) is 0.571. The highest BCUT2D eigenvalue weighted by molar-refractivity contribution is 7.91. The highest BCUT2D eigenvalue weighted by Crippen LogP contribution is 2.46. The summed E-state index contributed by atoms with van der Waals surface area (Å²) in [4.78, 5) is 8.47. The molecule has 0 aromatic carbocycles. The SMILES string of the molecule is COCC1(n2c(CS(=O)(=O)[C@@H](C)[C@H](C)c3cnc(OC)cn3)nnc2-c2ccn(C)n2)CC1. The van der Waals surface area contributed by atoms with E-state index in [1.54, 1.807) is 24.9 Å². The molecule has 178 valence electrons. The smallest absolute Gasteiger partial charge is 0.231 e. The van der Waals surface area contributed by atoms with Crippen molar-refractivity contribution in [3.63, 3.8) is 0 Å². The summed E-state index contributed by atoms with van der Waals surface area (Å²) in [5, 5.41) is 12.4. The van der Waals surface area contributed by atoms with E-state index >= 15 is 0 Å². The summed E-state index contributed by atoms with van der Waals surface area (Å²) in [6, 6.07) is 1.84. The predicted octanol–water partition coefficient (Wildman–Crippen LogP) is 1.72. The fourth-order valence-electron chi connectivity index (χ4n) is 3.98. The summed E-state index contributed by atoms with van der Waals surface area (Å²) in [5.74, 6) is 0.716. The van der Waals surface area contributed by atoms with Crippen molar-refractivity contribution in [3.8, 4) is 17.4 Å². The molecule has 4 rings (SSSR count). The van der Waals surface area contributed by atoms with Crippen molar-refractivity contribution in [2.24, 2.45) is 7.05 Å². The first-order valence-corrected chi connectivity index (χ1v) is 12.4. The number of nitrogens with zero attached hydrogens (tertiary/aromatic N) is 7. The molecule has 0 bridgehead atoms. The second-order valence-electron chi connectivity index (χ2n) is 8.59. The van der Waals surface area contributed by atoms with E-state index in [-0.39, 0.29) is 17.2 Å². The quantitative estimate of drug-likeness (QED) is 0.430. The van der Waals surface area contributed by atoms with Gasteiger partial charge in [0.15, 0.2) is 15.7 Å². The first-order chi connectivity index (χ1) is 15.7. The van der Waals surface area contributed by atoms with Gasteiger partial charge in [0.25, 0.3) is 0 Å². The van der Waals surface area contributed by atoms with Crippen molar-refractivity contribution in [3.05, 3.63) is 36.2 Å². The van der Waals surface area contributed by atoms with Crippen LogP contribution in [0.5, 0.6) is 5.88 Å². The Hall–Kier alpha value is -2.86. The third-order valence-electron chi connectivity index (χ3n) is 6.31. The van der Waals surface area contributed by atoms with Gasteiger partial charge in [-0.1, -0.05) is 6.92 Å². The third-order valence-corrected chi connectivity index (χ3v) is 8.51. The van der Waals surface area contributed by atoms with Gasteiger partial charge in [-0.2, -0.15) is 5.10 Å². The molecule has 3 aromatic rings. The minimum atomic E-state index is -3.60. The summed E-state index contributed by atoms with van der Waals surface area (Å²) in [5.41, 5.74) is 0.873. The van der Waals surface area contributed by atoms with Crippen molar-refractivity contribution < 1.29 is 17.9 Å². The molecule has 1 aliphatic carbocycles. The Morgan fingerprint density at radius 1 is 1.15 bits per heavy atom. The molecular weight excluding hydrogens is 446 g/mol. The van der Waals surface area contributed by atoms with Gasteiger partial charge in [0.2, 0.25) is 5.88 Å². The highest BCUT2D eigenvalue weighted by atomic mass is 32.2. The zero-order valence-electron chi connectivity index (χ0n) is 19.5. The van der Waals surface area contributed by atoms with E-state index in [1.165, 1.54) is 13.3 Å². The molecule has 0 unspecified atom stereocenters. The van der Waals surface area contributed by atoms with Crippen LogP contribution in [0.2, 0.25) is 0 Å². The first kappa shape index (κ1) is 23.3. The van der Waals surface area contributed by atoms with E-state index in [9.17, 15) is 8.42 Å². The van der Waals surface area contributed by atoms with Gasteiger partial charge in [-0.25, -0.2) is 13.4 Å². The summed E-state index contributed by atoms with van der Waals surface area (Å²) in [7, 11) is 1.37. The molecule has 33 heavy (non-hydrogen) atoms.